The molecule has 0 aromatic carbocycles. The molecule has 0 bridgehead atoms. The third-order valence-corrected chi connectivity index (χ3v) is 1.33. The van der Waals surface area contributed by atoms with Crippen LogP contribution in [0.5, 0.6) is 0 Å². The fourth-order valence-electron chi connectivity index (χ4n) is 0.824. The molecule has 13 heavy (non-hydrogen) atoms. The van der Waals surface area contributed by atoms with Crippen LogP contribution in [-0.4, -0.2) is 24.7 Å². The third-order valence-electron chi connectivity index (χ3n) is 1.33. The fraction of sp³-hybridized carbons (Fsp3) is 0.143. The van der Waals surface area contributed by atoms with Gasteiger partial charge in [0, 0.05) is 32.8 Å². The van der Waals surface area contributed by atoms with Crippen LogP contribution >= 0.6 is 0 Å². The second kappa shape index (κ2) is 4.20. The average Bonchev–Trinajstić information content (AvgIpc) is 2.54. The van der Waals surface area contributed by atoms with Crippen LogP contribution in [-0.2, 0) is 27.2 Å². The van der Waals surface area contributed by atoms with Crippen LogP contribution in [0.3, 0.4) is 0 Å². The summed E-state index contributed by atoms with van der Waals surface area (Å²) in [4.78, 5) is 11.8. The smallest absolute Gasteiger partial charge is 0.0990 e. The van der Waals surface area contributed by atoms with Gasteiger partial charge in [-0.15, -0.1) is 0 Å². The van der Waals surface area contributed by atoms with Crippen molar-refractivity contribution in [3.63, 3.8) is 0 Å². The Hall–Kier alpha value is -1.13. The van der Waals surface area contributed by atoms with Gasteiger partial charge in [0.2, 0.25) is 0 Å². The number of aryl methyl sites for hydroxylation is 1. The van der Waals surface area contributed by atoms with Crippen molar-refractivity contribution >= 4 is 0 Å². The molecule has 6 heteroatoms. The summed E-state index contributed by atoms with van der Waals surface area (Å²) >= 11 is 0. The molecule has 0 saturated carbocycles. The molecular formula is C7H6IrN5-. The van der Waals surface area contributed by atoms with Crippen molar-refractivity contribution in [2.24, 2.45) is 7.05 Å². The van der Waals surface area contributed by atoms with Gasteiger partial charge in [0.1, 0.15) is 0 Å². The van der Waals surface area contributed by atoms with Crippen molar-refractivity contribution in [2.75, 3.05) is 0 Å². The predicted octanol–water partition coefficient (Wildman–Crippen LogP) is 0.0698. The SMILES string of the molecule is Cn1cnc(-c2[c-]nccn2)n1.[Ir]. The maximum absolute atomic E-state index is 4.05. The minimum Gasteiger partial charge on any atom is -0.389 e. The summed E-state index contributed by atoms with van der Waals surface area (Å²) in [6.45, 7) is 0. The summed E-state index contributed by atoms with van der Waals surface area (Å²) in [5.41, 5.74) is 0.568. The van der Waals surface area contributed by atoms with E-state index in [1.54, 1.807) is 30.5 Å². The van der Waals surface area contributed by atoms with Crippen molar-refractivity contribution in [3.8, 4) is 11.5 Å². The van der Waals surface area contributed by atoms with Crippen molar-refractivity contribution in [2.45, 2.75) is 0 Å². The van der Waals surface area contributed by atoms with E-state index in [0.29, 0.717) is 11.5 Å². The summed E-state index contributed by atoms with van der Waals surface area (Å²) in [7, 11) is 1.80. The zero-order chi connectivity index (χ0) is 8.39. The van der Waals surface area contributed by atoms with Gasteiger partial charge >= 0.3 is 0 Å². The van der Waals surface area contributed by atoms with Gasteiger partial charge in [-0.1, -0.05) is 12.4 Å². The van der Waals surface area contributed by atoms with Gasteiger partial charge in [0.05, 0.1) is 12.2 Å². The summed E-state index contributed by atoms with van der Waals surface area (Å²) in [5, 5.41) is 4.05. The molecule has 0 aliphatic heterocycles. The van der Waals surface area contributed by atoms with E-state index in [1.165, 1.54) is 0 Å². The summed E-state index contributed by atoms with van der Waals surface area (Å²) < 4.78 is 1.61. The van der Waals surface area contributed by atoms with Crippen molar-refractivity contribution < 1.29 is 20.1 Å². The molecule has 2 rings (SSSR count). The van der Waals surface area contributed by atoms with E-state index >= 15 is 0 Å². The fourth-order valence-corrected chi connectivity index (χ4v) is 0.824. The molecule has 1 radical (unpaired) electrons. The first-order chi connectivity index (χ1) is 5.86. The Kier molecular flexibility index (Phi) is 3.22. The van der Waals surface area contributed by atoms with Crippen LogP contribution in [0, 0.1) is 6.20 Å². The van der Waals surface area contributed by atoms with Crippen molar-refractivity contribution in [3.05, 3.63) is 24.9 Å². The molecule has 0 saturated heterocycles. The zero-order valence-electron chi connectivity index (χ0n) is 6.80. The number of rotatable bonds is 1. The van der Waals surface area contributed by atoms with E-state index in [-0.39, 0.29) is 20.1 Å². The Bertz CT molecular complexity index is 371. The van der Waals surface area contributed by atoms with Crippen LogP contribution in [0.15, 0.2) is 18.7 Å². The Morgan fingerprint density at radius 1 is 1.31 bits per heavy atom. The van der Waals surface area contributed by atoms with Gasteiger partial charge in [-0.25, -0.2) is 5.10 Å². The van der Waals surface area contributed by atoms with Crippen LogP contribution in [0.25, 0.3) is 11.5 Å². The molecule has 2 aromatic rings. The van der Waals surface area contributed by atoms with Crippen molar-refractivity contribution in [1.82, 2.24) is 24.7 Å². The molecule has 0 amide bonds. The second-order valence-corrected chi connectivity index (χ2v) is 2.26. The van der Waals surface area contributed by atoms with Gasteiger partial charge in [0.25, 0.3) is 0 Å². The minimum atomic E-state index is 0. The molecule has 69 valence electrons. The molecule has 0 atom stereocenters. The maximum atomic E-state index is 4.05. The quantitative estimate of drug-likeness (QED) is 0.682. The molecule has 5 nitrogen and oxygen atoms in total. The first kappa shape index (κ1) is 9.95. The van der Waals surface area contributed by atoms with Gasteiger partial charge in [-0.2, -0.15) is 0 Å². The normalized spacial score (nSPS) is 9.31. The molecule has 0 unspecified atom stereocenters. The molecule has 0 aliphatic rings. The Morgan fingerprint density at radius 2 is 2.15 bits per heavy atom. The topological polar surface area (TPSA) is 56.5 Å². The minimum absolute atomic E-state index is 0. The maximum Gasteiger partial charge on any atom is 0.0990 e. The zero-order valence-corrected chi connectivity index (χ0v) is 9.20. The first-order valence-electron chi connectivity index (χ1n) is 3.41. The van der Waals surface area contributed by atoms with Gasteiger partial charge < -0.3 is 4.98 Å². The second-order valence-electron chi connectivity index (χ2n) is 2.26. The van der Waals surface area contributed by atoms with E-state index in [2.05, 4.69) is 26.2 Å². The molecule has 2 heterocycles. The molecule has 0 N–H and O–H groups in total. The average molecular weight is 352 g/mol. The third kappa shape index (κ3) is 2.17. The van der Waals surface area contributed by atoms with E-state index < -0.39 is 0 Å². The van der Waals surface area contributed by atoms with Crippen LogP contribution < -0.4 is 0 Å². The van der Waals surface area contributed by atoms with E-state index in [0.717, 1.165) is 0 Å². The van der Waals surface area contributed by atoms with E-state index in [4.69, 9.17) is 0 Å². The van der Waals surface area contributed by atoms with Gasteiger partial charge in [0.15, 0.2) is 0 Å². The van der Waals surface area contributed by atoms with Crippen LogP contribution in [0.1, 0.15) is 0 Å². The van der Waals surface area contributed by atoms with E-state index in [1.807, 2.05) is 0 Å². The van der Waals surface area contributed by atoms with Gasteiger partial charge in [-0.3, -0.25) is 14.6 Å². The molecule has 0 aliphatic carbocycles. The Morgan fingerprint density at radius 3 is 2.69 bits per heavy atom. The monoisotopic (exact) mass is 353 g/mol. The predicted molar refractivity (Wildman–Crippen MR) is 40.9 cm³/mol. The summed E-state index contributed by atoms with van der Waals surface area (Å²) in [5.74, 6) is 0.547. The van der Waals surface area contributed by atoms with Crippen molar-refractivity contribution in [1.29, 1.82) is 0 Å². The number of nitrogens with zero attached hydrogens (tertiary/aromatic N) is 5. The van der Waals surface area contributed by atoms with Crippen LogP contribution in [0.2, 0.25) is 0 Å². The molecule has 2 aromatic heterocycles. The van der Waals surface area contributed by atoms with Crippen LogP contribution in [0.4, 0.5) is 0 Å². The molecular weight excluding hydrogens is 346 g/mol. The van der Waals surface area contributed by atoms with E-state index in [9.17, 15) is 0 Å². The standard InChI is InChI=1S/C7H6N5.Ir/c1-12-5-10-7(11-12)6-4-8-2-3-9-6;/h2-3,5H,1H3;/q-1;. The number of aromatic nitrogens is 5. The number of hydrogen-bond acceptors (Lipinski definition) is 4. The Labute approximate surface area is 88.6 Å². The molecule has 0 spiro atoms. The molecule has 0 fully saturated rings. The first-order valence-corrected chi connectivity index (χ1v) is 3.41. The summed E-state index contributed by atoms with van der Waals surface area (Å²) in [6.07, 6.45) is 7.46. The Balaban J connectivity index is 0.000000845. The summed E-state index contributed by atoms with van der Waals surface area (Å²) in [6, 6.07) is 0. The van der Waals surface area contributed by atoms with Gasteiger partial charge in [-0.05, 0) is 6.20 Å². The number of hydrogen-bond donors (Lipinski definition) is 0. The largest absolute Gasteiger partial charge is 0.389 e.